The van der Waals surface area contributed by atoms with Gasteiger partial charge in [0.05, 0.1) is 13.1 Å². The fourth-order valence-electron chi connectivity index (χ4n) is 2.33. The summed E-state index contributed by atoms with van der Waals surface area (Å²) < 4.78 is 2.02. The highest BCUT2D eigenvalue weighted by atomic mass is 127. The van der Waals surface area contributed by atoms with Gasteiger partial charge in [-0.15, -0.1) is 45.9 Å². The second kappa shape index (κ2) is 11.3. The molecule has 1 aromatic heterocycles. The van der Waals surface area contributed by atoms with Crippen molar-refractivity contribution in [2.45, 2.75) is 45.3 Å². The van der Waals surface area contributed by atoms with E-state index in [1.54, 1.807) is 18.1 Å². The van der Waals surface area contributed by atoms with Gasteiger partial charge in [0.2, 0.25) is 0 Å². The van der Waals surface area contributed by atoms with E-state index >= 15 is 0 Å². The Labute approximate surface area is 171 Å². The molecular formula is C17H27IN6S. The number of aromatic nitrogens is 3. The van der Waals surface area contributed by atoms with E-state index in [9.17, 15) is 0 Å². The summed E-state index contributed by atoms with van der Waals surface area (Å²) in [6.07, 6.45) is 3.85. The summed E-state index contributed by atoms with van der Waals surface area (Å²) in [6, 6.07) is 6.50. The van der Waals surface area contributed by atoms with Crippen LogP contribution in [0.5, 0.6) is 0 Å². The van der Waals surface area contributed by atoms with Crippen LogP contribution in [0.25, 0.3) is 0 Å². The van der Waals surface area contributed by atoms with Crippen molar-refractivity contribution in [1.29, 1.82) is 0 Å². The number of aliphatic imine (C=N–C) groups is 1. The van der Waals surface area contributed by atoms with Crippen molar-refractivity contribution in [3.8, 4) is 0 Å². The Hall–Kier alpha value is -1.29. The first-order chi connectivity index (χ1) is 11.7. The van der Waals surface area contributed by atoms with E-state index in [0.717, 1.165) is 24.9 Å². The highest BCUT2D eigenvalue weighted by Gasteiger charge is 2.05. The molecule has 0 radical (unpaired) electrons. The van der Waals surface area contributed by atoms with Crippen molar-refractivity contribution in [2.75, 3.05) is 12.8 Å². The molecular weight excluding hydrogens is 447 g/mol. The van der Waals surface area contributed by atoms with Crippen molar-refractivity contribution in [1.82, 2.24) is 25.4 Å². The lowest BCUT2D eigenvalue weighted by molar-refractivity contribution is 0.670. The van der Waals surface area contributed by atoms with Crippen LogP contribution < -0.4 is 10.6 Å². The van der Waals surface area contributed by atoms with E-state index in [1.165, 1.54) is 16.0 Å². The van der Waals surface area contributed by atoms with Crippen LogP contribution in [0.1, 0.15) is 30.8 Å². The fraction of sp³-hybridized carbons (Fsp3) is 0.471. The number of thioether (sulfide) groups is 1. The van der Waals surface area contributed by atoms with Crippen LogP contribution in [-0.4, -0.2) is 33.5 Å². The van der Waals surface area contributed by atoms with Gasteiger partial charge in [0.15, 0.2) is 11.8 Å². The molecule has 0 spiro atoms. The smallest absolute Gasteiger partial charge is 0.191 e. The second-order valence-corrected chi connectivity index (χ2v) is 6.25. The van der Waals surface area contributed by atoms with E-state index in [-0.39, 0.29) is 24.0 Å². The molecule has 0 aliphatic heterocycles. The molecule has 2 N–H and O–H groups in total. The Balaban J connectivity index is 0.00000312. The molecule has 25 heavy (non-hydrogen) atoms. The molecule has 2 aromatic rings. The molecule has 0 fully saturated rings. The molecule has 2 rings (SSSR count). The zero-order valence-electron chi connectivity index (χ0n) is 15.2. The van der Waals surface area contributed by atoms with Gasteiger partial charge < -0.3 is 15.2 Å². The van der Waals surface area contributed by atoms with E-state index < -0.39 is 0 Å². The standard InChI is InChI=1S/C17H26N6S.HI/c1-5-18-17(20-11-16-22-21-12-23(16)6-2)19-10-14-8-7-13(3)9-15(14)24-4;/h7-9,12H,5-6,10-11H2,1-4H3,(H2,18,19,20);1H. The van der Waals surface area contributed by atoms with Crippen LogP contribution in [0.3, 0.4) is 0 Å². The fourth-order valence-corrected chi connectivity index (χ4v) is 3.03. The number of benzene rings is 1. The second-order valence-electron chi connectivity index (χ2n) is 5.40. The summed E-state index contributed by atoms with van der Waals surface area (Å²) in [7, 11) is 0. The number of halogens is 1. The number of hydrogen-bond donors (Lipinski definition) is 2. The monoisotopic (exact) mass is 474 g/mol. The average Bonchev–Trinajstić information content (AvgIpc) is 3.05. The molecule has 0 bridgehead atoms. The number of guanidine groups is 1. The summed E-state index contributed by atoms with van der Waals surface area (Å²) in [5, 5.41) is 14.7. The molecule has 6 nitrogen and oxygen atoms in total. The summed E-state index contributed by atoms with van der Waals surface area (Å²) in [5.74, 6) is 1.69. The highest BCUT2D eigenvalue weighted by molar-refractivity contribution is 14.0. The Bertz CT molecular complexity index is 686. The van der Waals surface area contributed by atoms with Gasteiger partial charge in [-0.3, -0.25) is 0 Å². The van der Waals surface area contributed by atoms with Crippen molar-refractivity contribution >= 4 is 41.7 Å². The minimum absolute atomic E-state index is 0. The van der Waals surface area contributed by atoms with Gasteiger partial charge in [-0.25, -0.2) is 4.99 Å². The van der Waals surface area contributed by atoms with Crippen molar-refractivity contribution < 1.29 is 0 Å². The topological polar surface area (TPSA) is 67.1 Å². The third-order valence-electron chi connectivity index (χ3n) is 3.64. The van der Waals surface area contributed by atoms with Gasteiger partial charge in [-0.05, 0) is 44.2 Å². The molecule has 0 aliphatic carbocycles. The molecule has 0 amide bonds. The Morgan fingerprint density at radius 2 is 2.08 bits per heavy atom. The van der Waals surface area contributed by atoms with Gasteiger partial charge in [0.1, 0.15) is 6.33 Å². The van der Waals surface area contributed by atoms with E-state index in [0.29, 0.717) is 13.1 Å². The predicted octanol–water partition coefficient (Wildman–Crippen LogP) is 3.20. The maximum Gasteiger partial charge on any atom is 0.191 e. The third-order valence-corrected chi connectivity index (χ3v) is 4.46. The molecule has 0 saturated heterocycles. The molecule has 8 heteroatoms. The summed E-state index contributed by atoms with van der Waals surface area (Å²) in [4.78, 5) is 5.98. The lowest BCUT2D eigenvalue weighted by Crippen LogP contribution is -2.37. The molecule has 0 atom stereocenters. The summed E-state index contributed by atoms with van der Waals surface area (Å²) >= 11 is 1.76. The largest absolute Gasteiger partial charge is 0.357 e. The van der Waals surface area contributed by atoms with Gasteiger partial charge in [0, 0.05) is 18.0 Å². The molecule has 0 aliphatic rings. The predicted molar refractivity (Wildman–Crippen MR) is 116 cm³/mol. The van der Waals surface area contributed by atoms with Crippen LogP contribution in [0.15, 0.2) is 34.4 Å². The van der Waals surface area contributed by atoms with E-state index in [2.05, 4.69) is 66.1 Å². The van der Waals surface area contributed by atoms with Crippen molar-refractivity contribution in [3.05, 3.63) is 41.5 Å². The maximum absolute atomic E-state index is 4.70. The first kappa shape index (κ1) is 21.8. The van der Waals surface area contributed by atoms with Crippen LogP contribution in [-0.2, 0) is 19.6 Å². The molecule has 0 unspecified atom stereocenters. The number of aryl methyl sites for hydroxylation is 2. The van der Waals surface area contributed by atoms with Crippen molar-refractivity contribution in [2.24, 2.45) is 4.99 Å². The quantitative estimate of drug-likeness (QED) is 0.279. The van der Waals surface area contributed by atoms with Crippen LogP contribution >= 0.6 is 35.7 Å². The van der Waals surface area contributed by atoms with Crippen molar-refractivity contribution in [3.63, 3.8) is 0 Å². The molecule has 0 saturated carbocycles. The van der Waals surface area contributed by atoms with E-state index in [4.69, 9.17) is 4.99 Å². The molecule has 1 heterocycles. The molecule has 1 aromatic carbocycles. The van der Waals surface area contributed by atoms with Crippen LogP contribution in [0.2, 0.25) is 0 Å². The Kier molecular flexibility index (Phi) is 9.88. The minimum Gasteiger partial charge on any atom is -0.357 e. The Morgan fingerprint density at radius 1 is 1.28 bits per heavy atom. The third kappa shape index (κ3) is 6.50. The minimum atomic E-state index is 0. The van der Waals surface area contributed by atoms with Crippen LogP contribution in [0.4, 0.5) is 0 Å². The first-order valence-corrected chi connectivity index (χ1v) is 9.42. The zero-order chi connectivity index (χ0) is 17.4. The number of nitrogens with one attached hydrogen (secondary N) is 2. The van der Waals surface area contributed by atoms with E-state index in [1.807, 2.05) is 4.57 Å². The van der Waals surface area contributed by atoms with Gasteiger partial charge in [0.25, 0.3) is 0 Å². The molecule has 138 valence electrons. The van der Waals surface area contributed by atoms with Gasteiger partial charge >= 0.3 is 0 Å². The normalized spacial score (nSPS) is 11.1. The van der Waals surface area contributed by atoms with Gasteiger partial charge in [-0.1, -0.05) is 12.1 Å². The summed E-state index contributed by atoms with van der Waals surface area (Å²) in [5.41, 5.74) is 2.51. The maximum atomic E-state index is 4.70. The number of hydrogen-bond acceptors (Lipinski definition) is 4. The lowest BCUT2D eigenvalue weighted by Gasteiger charge is -2.12. The number of nitrogens with zero attached hydrogens (tertiary/aromatic N) is 4. The zero-order valence-corrected chi connectivity index (χ0v) is 18.4. The van der Waals surface area contributed by atoms with Crippen LogP contribution in [0, 0.1) is 6.92 Å². The Morgan fingerprint density at radius 3 is 2.76 bits per heavy atom. The first-order valence-electron chi connectivity index (χ1n) is 8.20. The number of rotatable bonds is 7. The van der Waals surface area contributed by atoms with Gasteiger partial charge in [-0.2, -0.15) is 0 Å². The SMILES string of the molecule is CCNC(=NCc1ccc(C)cc1SC)NCc1nncn1CC.I. The highest BCUT2D eigenvalue weighted by Crippen LogP contribution is 2.22. The summed E-state index contributed by atoms with van der Waals surface area (Å²) in [6.45, 7) is 9.17. The lowest BCUT2D eigenvalue weighted by atomic mass is 10.1. The average molecular weight is 474 g/mol.